The van der Waals surface area contributed by atoms with Gasteiger partial charge < -0.3 is 10.1 Å². The van der Waals surface area contributed by atoms with Crippen LogP contribution in [0.25, 0.3) is 0 Å². The molecule has 16 heavy (non-hydrogen) atoms. The van der Waals surface area contributed by atoms with Crippen LogP contribution in [0.15, 0.2) is 0 Å². The summed E-state index contributed by atoms with van der Waals surface area (Å²) >= 11 is 0. The van der Waals surface area contributed by atoms with Crippen molar-refractivity contribution in [3.05, 3.63) is 0 Å². The molecular formula is C13H26N2O. The number of nitrogens with zero attached hydrogens (tertiary/aromatic N) is 1. The molecule has 2 aliphatic rings. The summed E-state index contributed by atoms with van der Waals surface area (Å²) in [7, 11) is 1.81. The van der Waals surface area contributed by atoms with E-state index in [0.29, 0.717) is 12.1 Å². The summed E-state index contributed by atoms with van der Waals surface area (Å²) < 4.78 is 5.39. The van der Waals surface area contributed by atoms with Crippen LogP contribution in [0.3, 0.4) is 0 Å². The Labute approximate surface area is 99.5 Å². The summed E-state index contributed by atoms with van der Waals surface area (Å²) in [5, 5.41) is 3.71. The summed E-state index contributed by atoms with van der Waals surface area (Å²) in [6, 6.07) is 1.42. The third kappa shape index (κ3) is 3.19. The number of nitrogens with one attached hydrogen (secondary N) is 1. The lowest BCUT2D eigenvalue weighted by molar-refractivity contribution is 0.0611. The van der Waals surface area contributed by atoms with Gasteiger partial charge in [0.25, 0.3) is 0 Å². The summed E-state index contributed by atoms with van der Waals surface area (Å²) in [4.78, 5) is 2.61. The van der Waals surface area contributed by atoms with E-state index in [1.165, 1.54) is 32.4 Å². The molecule has 0 aromatic heterocycles. The molecule has 1 aliphatic carbocycles. The van der Waals surface area contributed by atoms with Gasteiger partial charge in [-0.3, -0.25) is 4.90 Å². The molecule has 0 radical (unpaired) electrons. The molecule has 3 heteroatoms. The van der Waals surface area contributed by atoms with Crippen molar-refractivity contribution in [1.82, 2.24) is 10.2 Å². The van der Waals surface area contributed by atoms with E-state index >= 15 is 0 Å². The van der Waals surface area contributed by atoms with Crippen molar-refractivity contribution in [2.45, 2.75) is 51.3 Å². The van der Waals surface area contributed by atoms with Crippen LogP contribution in [0.2, 0.25) is 0 Å². The first-order chi connectivity index (χ1) is 7.70. The van der Waals surface area contributed by atoms with Gasteiger partial charge in [-0.15, -0.1) is 0 Å². The molecular weight excluding hydrogens is 200 g/mol. The second-order valence-corrected chi connectivity index (χ2v) is 5.54. The van der Waals surface area contributed by atoms with Gasteiger partial charge in [-0.1, -0.05) is 0 Å². The minimum atomic E-state index is 0.348. The lowest BCUT2D eigenvalue weighted by Crippen LogP contribution is -2.44. The first-order valence-corrected chi connectivity index (χ1v) is 6.71. The normalized spacial score (nSPS) is 34.7. The average Bonchev–Trinajstić information content (AvgIpc) is 3.08. The Kier molecular flexibility index (Phi) is 4.22. The first kappa shape index (κ1) is 12.3. The van der Waals surface area contributed by atoms with Crippen LogP contribution in [0, 0.1) is 5.92 Å². The van der Waals surface area contributed by atoms with E-state index in [4.69, 9.17) is 4.74 Å². The van der Waals surface area contributed by atoms with Crippen LogP contribution < -0.4 is 5.32 Å². The van der Waals surface area contributed by atoms with E-state index in [2.05, 4.69) is 24.1 Å². The van der Waals surface area contributed by atoms with Crippen molar-refractivity contribution in [1.29, 1.82) is 0 Å². The minimum absolute atomic E-state index is 0.348. The zero-order valence-corrected chi connectivity index (χ0v) is 10.9. The molecule has 1 N–H and O–H groups in total. The highest BCUT2D eigenvalue weighted by molar-refractivity contribution is 4.91. The summed E-state index contributed by atoms with van der Waals surface area (Å²) in [6.45, 7) is 7.97. The van der Waals surface area contributed by atoms with E-state index in [1.807, 2.05) is 7.11 Å². The lowest BCUT2D eigenvalue weighted by Gasteiger charge is -2.31. The molecule has 1 aliphatic heterocycles. The molecule has 0 spiro atoms. The Balaban J connectivity index is 1.90. The third-order valence-corrected chi connectivity index (χ3v) is 4.11. The molecule has 0 bridgehead atoms. The van der Waals surface area contributed by atoms with Gasteiger partial charge in [-0.25, -0.2) is 0 Å². The highest BCUT2D eigenvalue weighted by Crippen LogP contribution is 2.34. The van der Waals surface area contributed by atoms with Crippen molar-refractivity contribution in [3.8, 4) is 0 Å². The SMILES string of the molecule is COC(C)CN1CC(C2CC2)NCCC1C. The number of ether oxygens (including phenoxy) is 1. The van der Waals surface area contributed by atoms with E-state index < -0.39 is 0 Å². The summed E-state index contributed by atoms with van der Waals surface area (Å²) in [5.41, 5.74) is 0. The molecule has 2 fully saturated rings. The maximum atomic E-state index is 5.39. The zero-order valence-electron chi connectivity index (χ0n) is 10.9. The van der Waals surface area contributed by atoms with Gasteiger partial charge in [0, 0.05) is 32.3 Å². The van der Waals surface area contributed by atoms with Crippen LogP contribution in [-0.4, -0.2) is 49.8 Å². The van der Waals surface area contributed by atoms with E-state index in [1.54, 1.807) is 0 Å². The van der Waals surface area contributed by atoms with Gasteiger partial charge in [-0.2, -0.15) is 0 Å². The van der Waals surface area contributed by atoms with Gasteiger partial charge in [0.15, 0.2) is 0 Å². The predicted octanol–water partition coefficient (Wildman–Crippen LogP) is 1.48. The fourth-order valence-corrected chi connectivity index (χ4v) is 2.63. The van der Waals surface area contributed by atoms with Crippen molar-refractivity contribution in [3.63, 3.8) is 0 Å². The maximum absolute atomic E-state index is 5.39. The number of methoxy groups -OCH3 is 1. The van der Waals surface area contributed by atoms with Crippen molar-refractivity contribution < 1.29 is 4.74 Å². The van der Waals surface area contributed by atoms with E-state index in [9.17, 15) is 0 Å². The van der Waals surface area contributed by atoms with Crippen molar-refractivity contribution in [2.24, 2.45) is 5.92 Å². The summed E-state index contributed by atoms with van der Waals surface area (Å²) in [5.74, 6) is 0.950. The minimum Gasteiger partial charge on any atom is -0.380 e. The fourth-order valence-electron chi connectivity index (χ4n) is 2.63. The maximum Gasteiger partial charge on any atom is 0.0670 e. The molecule has 0 aromatic rings. The molecule has 3 nitrogen and oxygen atoms in total. The molecule has 3 unspecified atom stereocenters. The third-order valence-electron chi connectivity index (χ3n) is 4.11. The Morgan fingerprint density at radius 1 is 1.38 bits per heavy atom. The van der Waals surface area contributed by atoms with Crippen LogP contribution in [0.4, 0.5) is 0 Å². The standard InChI is InChI=1S/C13H26N2O/c1-10-6-7-14-13(12-4-5-12)9-15(10)8-11(2)16-3/h10-14H,4-9H2,1-3H3. The quantitative estimate of drug-likeness (QED) is 0.786. The van der Waals surface area contributed by atoms with Crippen LogP contribution >= 0.6 is 0 Å². The van der Waals surface area contributed by atoms with Crippen molar-refractivity contribution in [2.75, 3.05) is 26.7 Å². The predicted molar refractivity (Wildman–Crippen MR) is 66.6 cm³/mol. The lowest BCUT2D eigenvalue weighted by atomic mass is 10.1. The smallest absolute Gasteiger partial charge is 0.0670 e. The largest absolute Gasteiger partial charge is 0.380 e. The molecule has 1 heterocycles. The van der Waals surface area contributed by atoms with Gasteiger partial charge in [0.05, 0.1) is 6.10 Å². The van der Waals surface area contributed by atoms with Crippen LogP contribution in [-0.2, 0) is 4.74 Å². The Bertz CT molecular complexity index is 218. The Morgan fingerprint density at radius 3 is 2.75 bits per heavy atom. The van der Waals surface area contributed by atoms with E-state index in [-0.39, 0.29) is 0 Å². The molecule has 0 aromatic carbocycles. The molecule has 0 amide bonds. The number of hydrogen-bond acceptors (Lipinski definition) is 3. The number of rotatable bonds is 4. The monoisotopic (exact) mass is 226 g/mol. The Hall–Kier alpha value is -0.120. The highest BCUT2D eigenvalue weighted by atomic mass is 16.5. The molecule has 3 atom stereocenters. The fraction of sp³-hybridized carbons (Fsp3) is 1.00. The highest BCUT2D eigenvalue weighted by Gasteiger charge is 2.34. The van der Waals surface area contributed by atoms with Crippen LogP contribution in [0.5, 0.6) is 0 Å². The second kappa shape index (κ2) is 5.48. The second-order valence-electron chi connectivity index (χ2n) is 5.54. The summed E-state index contributed by atoms with van der Waals surface area (Å²) in [6.07, 6.45) is 4.47. The van der Waals surface area contributed by atoms with Gasteiger partial charge in [0.2, 0.25) is 0 Å². The van der Waals surface area contributed by atoms with Crippen LogP contribution in [0.1, 0.15) is 33.1 Å². The Morgan fingerprint density at radius 2 is 2.12 bits per heavy atom. The average molecular weight is 226 g/mol. The molecule has 94 valence electrons. The van der Waals surface area contributed by atoms with Gasteiger partial charge >= 0.3 is 0 Å². The zero-order chi connectivity index (χ0) is 11.5. The van der Waals surface area contributed by atoms with Crippen molar-refractivity contribution >= 4 is 0 Å². The molecule has 1 saturated heterocycles. The first-order valence-electron chi connectivity index (χ1n) is 6.71. The number of hydrogen-bond donors (Lipinski definition) is 1. The van der Waals surface area contributed by atoms with Gasteiger partial charge in [-0.05, 0) is 45.6 Å². The topological polar surface area (TPSA) is 24.5 Å². The van der Waals surface area contributed by atoms with Gasteiger partial charge in [0.1, 0.15) is 0 Å². The molecule has 2 rings (SSSR count). The molecule has 1 saturated carbocycles. The van der Waals surface area contributed by atoms with E-state index in [0.717, 1.165) is 18.5 Å².